The van der Waals surface area contributed by atoms with Gasteiger partial charge in [-0.15, -0.1) is 0 Å². The van der Waals surface area contributed by atoms with Gasteiger partial charge < -0.3 is 5.32 Å². The fraction of sp³-hybridized carbons (Fsp3) is 0.105. The molecule has 5 nitrogen and oxygen atoms in total. The van der Waals surface area contributed by atoms with Crippen molar-refractivity contribution < 1.29 is 8.42 Å². The van der Waals surface area contributed by atoms with Gasteiger partial charge in [-0.2, -0.15) is 0 Å². The number of benzene rings is 3. The standard InChI is InChI=1S/C19H17N3O2S/c23-25(24,16-10-9-14-5-1-2-6-15(14)13-16)22-18-8-4-3-7-17(18)19-20-11-12-21-19/h1-10,13,22H,11-12H2,(H,20,21). The third-order valence-corrected chi connectivity index (χ3v) is 5.50. The first kappa shape index (κ1) is 15.7. The predicted octanol–water partition coefficient (Wildman–Crippen LogP) is 2.99. The first-order valence-corrected chi connectivity index (χ1v) is 9.51. The summed E-state index contributed by atoms with van der Waals surface area (Å²) in [6.45, 7) is 1.46. The van der Waals surface area contributed by atoms with E-state index in [1.807, 2.05) is 42.5 Å². The van der Waals surface area contributed by atoms with Crippen molar-refractivity contribution in [2.45, 2.75) is 4.90 Å². The molecule has 0 amide bonds. The quantitative estimate of drug-likeness (QED) is 0.759. The Hall–Kier alpha value is -2.86. The molecule has 3 aromatic rings. The molecule has 0 spiro atoms. The van der Waals surface area contributed by atoms with E-state index in [9.17, 15) is 8.42 Å². The minimum atomic E-state index is -3.69. The molecular formula is C19H17N3O2S. The molecular weight excluding hydrogens is 334 g/mol. The normalized spacial score (nSPS) is 14.2. The smallest absolute Gasteiger partial charge is 0.261 e. The van der Waals surface area contributed by atoms with Crippen LogP contribution < -0.4 is 10.0 Å². The summed E-state index contributed by atoms with van der Waals surface area (Å²) in [4.78, 5) is 4.62. The van der Waals surface area contributed by atoms with E-state index in [0.29, 0.717) is 12.2 Å². The second kappa shape index (κ2) is 6.22. The van der Waals surface area contributed by atoms with Crippen LogP contribution in [0.4, 0.5) is 5.69 Å². The summed E-state index contributed by atoms with van der Waals surface area (Å²) in [5.41, 5.74) is 1.27. The van der Waals surface area contributed by atoms with Gasteiger partial charge in [0.1, 0.15) is 5.84 Å². The topological polar surface area (TPSA) is 70.6 Å². The lowest BCUT2D eigenvalue weighted by Crippen LogP contribution is -2.22. The summed E-state index contributed by atoms with van der Waals surface area (Å²) >= 11 is 0. The number of hydrogen-bond donors (Lipinski definition) is 2. The summed E-state index contributed by atoms with van der Waals surface area (Å²) < 4.78 is 28.4. The Balaban J connectivity index is 1.72. The van der Waals surface area contributed by atoms with Gasteiger partial charge in [0.15, 0.2) is 0 Å². The highest BCUT2D eigenvalue weighted by Crippen LogP contribution is 2.23. The van der Waals surface area contributed by atoms with Gasteiger partial charge >= 0.3 is 0 Å². The molecule has 1 aliphatic heterocycles. The zero-order valence-corrected chi connectivity index (χ0v) is 14.3. The van der Waals surface area contributed by atoms with E-state index in [-0.39, 0.29) is 4.90 Å². The number of para-hydroxylation sites is 1. The monoisotopic (exact) mass is 351 g/mol. The number of anilines is 1. The van der Waals surface area contributed by atoms with Gasteiger partial charge in [0, 0.05) is 12.1 Å². The fourth-order valence-corrected chi connectivity index (χ4v) is 4.01. The van der Waals surface area contributed by atoms with Crippen LogP contribution in [0.3, 0.4) is 0 Å². The molecule has 2 N–H and O–H groups in total. The zero-order chi connectivity index (χ0) is 17.3. The molecule has 126 valence electrons. The van der Waals surface area contributed by atoms with Crippen molar-refractivity contribution >= 4 is 32.3 Å². The molecule has 6 heteroatoms. The van der Waals surface area contributed by atoms with Gasteiger partial charge in [-0.3, -0.25) is 9.71 Å². The van der Waals surface area contributed by atoms with Crippen molar-refractivity contribution in [1.29, 1.82) is 0 Å². The van der Waals surface area contributed by atoms with Gasteiger partial charge in [0.25, 0.3) is 10.0 Å². The molecule has 3 aromatic carbocycles. The summed E-state index contributed by atoms with van der Waals surface area (Å²) in [6.07, 6.45) is 0. The van der Waals surface area contributed by atoms with Crippen LogP contribution in [0.5, 0.6) is 0 Å². The number of fused-ring (bicyclic) bond motifs is 1. The maximum Gasteiger partial charge on any atom is 0.261 e. The molecule has 0 radical (unpaired) electrons. The van der Waals surface area contributed by atoms with E-state index in [1.54, 1.807) is 24.3 Å². The van der Waals surface area contributed by atoms with E-state index in [4.69, 9.17) is 0 Å². The molecule has 0 saturated heterocycles. The highest BCUT2D eigenvalue weighted by molar-refractivity contribution is 7.92. The van der Waals surface area contributed by atoms with Crippen LogP contribution >= 0.6 is 0 Å². The maximum absolute atomic E-state index is 12.8. The van der Waals surface area contributed by atoms with Crippen molar-refractivity contribution in [3.8, 4) is 0 Å². The van der Waals surface area contributed by atoms with Crippen LogP contribution in [0.2, 0.25) is 0 Å². The van der Waals surface area contributed by atoms with Gasteiger partial charge in [-0.05, 0) is 35.0 Å². The Labute approximate surface area is 146 Å². The second-order valence-corrected chi connectivity index (χ2v) is 7.50. The van der Waals surface area contributed by atoms with E-state index in [2.05, 4.69) is 15.0 Å². The number of hydrogen-bond acceptors (Lipinski definition) is 4. The molecule has 4 rings (SSSR count). The van der Waals surface area contributed by atoms with E-state index in [1.165, 1.54) is 0 Å². The Kier molecular flexibility index (Phi) is 3.89. The number of nitrogens with zero attached hydrogens (tertiary/aromatic N) is 1. The van der Waals surface area contributed by atoms with Crippen LogP contribution in [0.25, 0.3) is 10.8 Å². The minimum absolute atomic E-state index is 0.238. The van der Waals surface area contributed by atoms with E-state index in [0.717, 1.165) is 28.7 Å². The Morgan fingerprint density at radius 2 is 1.68 bits per heavy atom. The van der Waals surface area contributed by atoms with Crippen molar-refractivity contribution in [3.05, 3.63) is 72.3 Å². The summed E-state index contributed by atoms with van der Waals surface area (Å²) in [6, 6.07) is 20.1. The Morgan fingerprint density at radius 3 is 2.48 bits per heavy atom. The van der Waals surface area contributed by atoms with Gasteiger partial charge in [-0.25, -0.2) is 8.42 Å². The summed E-state index contributed by atoms with van der Waals surface area (Å²) in [5, 5.41) is 5.07. The van der Waals surface area contributed by atoms with E-state index < -0.39 is 10.0 Å². The van der Waals surface area contributed by atoms with Gasteiger partial charge in [-0.1, -0.05) is 42.5 Å². The minimum Gasteiger partial charge on any atom is -0.368 e. The number of nitrogens with one attached hydrogen (secondary N) is 2. The van der Waals surface area contributed by atoms with Crippen LogP contribution in [0.15, 0.2) is 76.6 Å². The predicted molar refractivity (Wildman–Crippen MR) is 101 cm³/mol. The van der Waals surface area contributed by atoms with E-state index >= 15 is 0 Å². The molecule has 0 bridgehead atoms. The average molecular weight is 351 g/mol. The summed E-state index contributed by atoms with van der Waals surface area (Å²) in [5.74, 6) is 0.719. The Morgan fingerprint density at radius 1 is 0.920 bits per heavy atom. The third kappa shape index (κ3) is 3.08. The van der Waals surface area contributed by atoms with Crippen LogP contribution in [-0.4, -0.2) is 27.3 Å². The van der Waals surface area contributed by atoms with Crippen molar-refractivity contribution in [2.24, 2.45) is 4.99 Å². The number of sulfonamides is 1. The second-order valence-electron chi connectivity index (χ2n) is 5.82. The molecule has 0 aliphatic carbocycles. The largest absolute Gasteiger partial charge is 0.368 e. The average Bonchev–Trinajstić information content (AvgIpc) is 3.16. The van der Waals surface area contributed by atoms with Crippen molar-refractivity contribution in [2.75, 3.05) is 17.8 Å². The third-order valence-electron chi connectivity index (χ3n) is 4.13. The molecule has 1 aliphatic rings. The first-order valence-electron chi connectivity index (χ1n) is 8.03. The lowest BCUT2D eigenvalue weighted by atomic mass is 10.1. The Bertz CT molecular complexity index is 1070. The van der Waals surface area contributed by atoms with Crippen LogP contribution in [0, 0.1) is 0 Å². The molecule has 0 unspecified atom stereocenters. The zero-order valence-electron chi connectivity index (χ0n) is 13.4. The molecule has 1 heterocycles. The fourth-order valence-electron chi connectivity index (χ4n) is 2.90. The van der Waals surface area contributed by atoms with Crippen LogP contribution in [-0.2, 0) is 10.0 Å². The number of amidine groups is 1. The van der Waals surface area contributed by atoms with Crippen molar-refractivity contribution in [1.82, 2.24) is 5.32 Å². The van der Waals surface area contributed by atoms with Gasteiger partial charge in [0.05, 0.1) is 17.1 Å². The first-order chi connectivity index (χ1) is 12.1. The molecule has 0 aromatic heterocycles. The molecule has 25 heavy (non-hydrogen) atoms. The highest BCUT2D eigenvalue weighted by atomic mass is 32.2. The number of rotatable bonds is 4. The van der Waals surface area contributed by atoms with Crippen LogP contribution in [0.1, 0.15) is 5.56 Å². The molecule has 0 saturated carbocycles. The highest BCUT2D eigenvalue weighted by Gasteiger charge is 2.19. The summed E-state index contributed by atoms with van der Waals surface area (Å²) in [7, 11) is -3.69. The molecule has 0 fully saturated rings. The van der Waals surface area contributed by atoms with Gasteiger partial charge in [0.2, 0.25) is 0 Å². The lowest BCUT2D eigenvalue weighted by Gasteiger charge is -2.13. The SMILES string of the molecule is O=S(=O)(Nc1ccccc1C1=NCCN1)c1ccc2ccccc2c1. The maximum atomic E-state index is 12.8. The molecule has 0 atom stereocenters. The van der Waals surface area contributed by atoms with Crippen molar-refractivity contribution in [3.63, 3.8) is 0 Å². The lowest BCUT2D eigenvalue weighted by molar-refractivity contribution is 0.601. The number of aliphatic imine (C=N–C) groups is 1.